The largest absolute Gasteiger partial charge is 0.492 e. The summed E-state index contributed by atoms with van der Waals surface area (Å²) >= 11 is 1.05. The smallest absolute Gasteiger partial charge is 0.308 e. The zero-order valence-corrected chi connectivity index (χ0v) is 19.5. The summed E-state index contributed by atoms with van der Waals surface area (Å²) in [6.07, 6.45) is 0. The molecule has 1 heterocycles. The third-order valence-electron chi connectivity index (χ3n) is 5.13. The molecule has 6 nitrogen and oxygen atoms in total. The summed E-state index contributed by atoms with van der Waals surface area (Å²) in [7, 11) is -3.72. The van der Waals surface area contributed by atoms with Crippen molar-refractivity contribution in [1.82, 2.24) is 9.29 Å². The third kappa shape index (κ3) is 4.93. The van der Waals surface area contributed by atoms with Gasteiger partial charge in [0.2, 0.25) is 10.0 Å². The van der Waals surface area contributed by atoms with Gasteiger partial charge in [-0.15, -0.1) is 0 Å². The summed E-state index contributed by atoms with van der Waals surface area (Å²) in [6, 6.07) is 20.4. The average molecular weight is 469 g/mol. The van der Waals surface area contributed by atoms with Crippen molar-refractivity contribution >= 4 is 31.6 Å². The Balaban J connectivity index is 1.46. The van der Waals surface area contributed by atoms with Crippen molar-refractivity contribution in [1.29, 1.82) is 0 Å². The second-order valence-corrected chi connectivity index (χ2v) is 10.3. The molecule has 0 bridgehead atoms. The standard InChI is InChI=1S/C24H24N2O4S2/c1-17-8-9-18(2)22(14-17)30-13-12-25-32(28,29)20-10-11-21-23(15-20)31-24(27)26(21)16-19-6-4-3-5-7-19/h3-11,14-15,25H,12-13,16H2,1-2H3. The quantitative estimate of drug-likeness (QED) is 0.395. The third-order valence-corrected chi connectivity index (χ3v) is 7.53. The van der Waals surface area contributed by atoms with Gasteiger partial charge in [-0.25, -0.2) is 13.1 Å². The molecule has 4 rings (SSSR count). The summed E-state index contributed by atoms with van der Waals surface area (Å²) in [6.45, 7) is 4.72. The second-order valence-electron chi connectivity index (χ2n) is 7.58. The number of sulfonamides is 1. The van der Waals surface area contributed by atoms with E-state index in [1.165, 1.54) is 6.07 Å². The van der Waals surface area contributed by atoms with E-state index in [-0.39, 0.29) is 22.9 Å². The van der Waals surface area contributed by atoms with Gasteiger partial charge in [0.05, 0.1) is 21.7 Å². The molecule has 0 amide bonds. The van der Waals surface area contributed by atoms with Crippen LogP contribution in [0.3, 0.4) is 0 Å². The molecule has 0 aliphatic carbocycles. The number of nitrogens with zero attached hydrogens (tertiary/aromatic N) is 1. The Labute approximate surface area is 191 Å². The molecule has 0 saturated heterocycles. The fourth-order valence-electron chi connectivity index (χ4n) is 3.41. The van der Waals surface area contributed by atoms with Gasteiger partial charge in [0.15, 0.2) is 0 Å². The van der Waals surface area contributed by atoms with Crippen molar-refractivity contribution in [2.45, 2.75) is 25.3 Å². The van der Waals surface area contributed by atoms with Crippen LogP contribution in [-0.2, 0) is 16.6 Å². The first-order valence-electron chi connectivity index (χ1n) is 10.2. The topological polar surface area (TPSA) is 77.4 Å². The highest BCUT2D eigenvalue weighted by Gasteiger charge is 2.17. The molecule has 0 spiro atoms. The van der Waals surface area contributed by atoms with Gasteiger partial charge in [-0.2, -0.15) is 0 Å². The predicted octanol–water partition coefficient (Wildman–Crippen LogP) is 4.09. The van der Waals surface area contributed by atoms with Crippen molar-refractivity contribution < 1.29 is 13.2 Å². The van der Waals surface area contributed by atoms with Crippen LogP contribution in [0.1, 0.15) is 16.7 Å². The minimum atomic E-state index is -3.72. The van der Waals surface area contributed by atoms with Crippen LogP contribution in [0.2, 0.25) is 0 Å². The maximum atomic E-state index is 12.7. The molecule has 3 aromatic carbocycles. The Kier molecular flexibility index (Phi) is 6.45. The summed E-state index contributed by atoms with van der Waals surface area (Å²) in [5.74, 6) is 0.746. The SMILES string of the molecule is Cc1ccc(C)c(OCCNS(=O)(=O)c2ccc3c(c2)sc(=O)n3Cc2ccccc2)c1. The number of hydrogen-bond acceptors (Lipinski definition) is 5. The first-order valence-corrected chi connectivity index (χ1v) is 12.5. The number of benzene rings is 3. The Hall–Kier alpha value is -2.94. The Bertz CT molecular complexity index is 1410. The number of nitrogens with one attached hydrogen (secondary N) is 1. The average Bonchev–Trinajstić information content (AvgIpc) is 3.08. The van der Waals surface area contributed by atoms with Gasteiger partial charge in [0.25, 0.3) is 0 Å². The van der Waals surface area contributed by atoms with E-state index in [1.54, 1.807) is 16.7 Å². The molecule has 166 valence electrons. The Morgan fingerprint density at radius 1 is 1.00 bits per heavy atom. The molecule has 0 radical (unpaired) electrons. The number of ether oxygens (including phenoxy) is 1. The van der Waals surface area contributed by atoms with Crippen LogP contribution in [-0.4, -0.2) is 26.1 Å². The van der Waals surface area contributed by atoms with Crippen molar-refractivity contribution in [3.8, 4) is 5.75 Å². The van der Waals surface area contributed by atoms with E-state index < -0.39 is 10.0 Å². The maximum Gasteiger partial charge on any atom is 0.308 e. The molecule has 8 heteroatoms. The molecule has 0 aliphatic rings. The number of aromatic nitrogens is 1. The molecule has 1 N–H and O–H groups in total. The molecule has 0 atom stereocenters. The predicted molar refractivity (Wildman–Crippen MR) is 128 cm³/mol. The lowest BCUT2D eigenvalue weighted by Crippen LogP contribution is -2.28. The number of rotatable bonds is 8. The van der Waals surface area contributed by atoms with E-state index in [0.29, 0.717) is 11.2 Å². The highest BCUT2D eigenvalue weighted by molar-refractivity contribution is 7.89. The second kappa shape index (κ2) is 9.28. The van der Waals surface area contributed by atoms with Gasteiger partial charge < -0.3 is 4.74 Å². The van der Waals surface area contributed by atoms with Crippen LogP contribution >= 0.6 is 11.3 Å². The number of hydrogen-bond donors (Lipinski definition) is 1. The number of aryl methyl sites for hydroxylation is 2. The van der Waals surface area contributed by atoms with Crippen molar-refractivity contribution in [3.63, 3.8) is 0 Å². The van der Waals surface area contributed by atoms with Crippen molar-refractivity contribution in [3.05, 3.63) is 93.1 Å². The number of fused-ring (bicyclic) bond motifs is 1. The van der Waals surface area contributed by atoms with E-state index >= 15 is 0 Å². The maximum absolute atomic E-state index is 12.7. The monoisotopic (exact) mass is 468 g/mol. The minimum absolute atomic E-state index is 0.117. The first-order chi connectivity index (χ1) is 15.3. The highest BCUT2D eigenvalue weighted by atomic mass is 32.2. The van der Waals surface area contributed by atoms with Gasteiger partial charge in [0.1, 0.15) is 12.4 Å². The van der Waals surface area contributed by atoms with Crippen LogP contribution in [0, 0.1) is 13.8 Å². The highest BCUT2D eigenvalue weighted by Crippen LogP contribution is 2.23. The molecule has 0 fully saturated rings. The molecule has 0 aliphatic heterocycles. The van der Waals surface area contributed by atoms with Crippen LogP contribution in [0.25, 0.3) is 10.2 Å². The van der Waals surface area contributed by atoms with E-state index in [4.69, 9.17) is 4.74 Å². The lowest BCUT2D eigenvalue weighted by Gasteiger charge is -2.11. The van der Waals surface area contributed by atoms with Gasteiger partial charge in [-0.1, -0.05) is 53.8 Å². The summed E-state index contributed by atoms with van der Waals surface area (Å²) < 4.78 is 36.1. The Morgan fingerprint density at radius 2 is 1.78 bits per heavy atom. The van der Waals surface area contributed by atoms with Gasteiger partial charge in [-0.05, 0) is 54.8 Å². The van der Waals surface area contributed by atoms with Crippen LogP contribution in [0.4, 0.5) is 0 Å². The van der Waals surface area contributed by atoms with Crippen LogP contribution in [0.5, 0.6) is 5.75 Å². The normalized spacial score (nSPS) is 11.7. The minimum Gasteiger partial charge on any atom is -0.492 e. The van der Waals surface area contributed by atoms with E-state index in [2.05, 4.69) is 4.72 Å². The van der Waals surface area contributed by atoms with Crippen LogP contribution < -0.4 is 14.3 Å². The molecule has 4 aromatic rings. The van der Waals surface area contributed by atoms with E-state index in [1.807, 2.05) is 62.4 Å². The van der Waals surface area contributed by atoms with Crippen LogP contribution in [0.15, 0.2) is 76.4 Å². The lowest BCUT2D eigenvalue weighted by molar-refractivity contribution is 0.320. The lowest BCUT2D eigenvalue weighted by atomic mass is 10.1. The van der Waals surface area contributed by atoms with Gasteiger partial charge in [0, 0.05) is 6.54 Å². The van der Waals surface area contributed by atoms with E-state index in [9.17, 15) is 13.2 Å². The van der Waals surface area contributed by atoms with E-state index in [0.717, 1.165) is 39.3 Å². The first kappa shape index (κ1) is 22.3. The van der Waals surface area contributed by atoms with Crippen molar-refractivity contribution in [2.75, 3.05) is 13.2 Å². The summed E-state index contributed by atoms with van der Waals surface area (Å²) in [5, 5.41) is 0. The summed E-state index contributed by atoms with van der Waals surface area (Å²) in [4.78, 5) is 12.5. The Morgan fingerprint density at radius 3 is 2.56 bits per heavy atom. The zero-order chi connectivity index (χ0) is 22.7. The summed E-state index contributed by atoms with van der Waals surface area (Å²) in [5.41, 5.74) is 3.81. The zero-order valence-electron chi connectivity index (χ0n) is 17.9. The number of thiazole rings is 1. The van der Waals surface area contributed by atoms with Gasteiger partial charge in [-0.3, -0.25) is 9.36 Å². The van der Waals surface area contributed by atoms with Gasteiger partial charge >= 0.3 is 4.87 Å². The molecular formula is C24H24N2O4S2. The molecule has 0 unspecified atom stereocenters. The molecule has 0 saturated carbocycles. The van der Waals surface area contributed by atoms with Crippen molar-refractivity contribution in [2.24, 2.45) is 0 Å². The fraction of sp³-hybridized carbons (Fsp3) is 0.208. The molecule has 32 heavy (non-hydrogen) atoms. The molecular weight excluding hydrogens is 444 g/mol. The fourth-order valence-corrected chi connectivity index (χ4v) is 5.46. The molecule has 1 aromatic heterocycles.